The van der Waals surface area contributed by atoms with Crippen molar-refractivity contribution in [2.45, 2.75) is 0 Å². The van der Waals surface area contributed by atoms with Crippen molar-refractivity contribution in [3.05, 3.63) is 24.0 Å². The highest BCUT2D eigenvalue weighted by atomic mass is 19.4. The molecule has 1 aromatic rings. The molecular formula is C12H15BF4NO2-. The molecule has 0 saturated carbocycles. The molecule has 0 bridgehead atoms. The van der Waals surface area contributed by atoms with Gasteiger partial charge in [-0.2, -0.15) is 0 Å². The van der Waals surface area contributed by atoms with Crippen molar-refractivity contribution in [3.8, 4) is 5.75 Å². The van der Waals surface area contributed by atoms with Crippen LogP contribution >= 0.6 is 0 Å². The highest BCUT2D eigenvalue weighted by Crippen LogP contribution is 2.19. The summed E-state index contributed by atoms with van der Waals surface area (Å²) < 4.78 is 61.7. The maximum atomic E-state index is 13.0. The Hall–Kier alpha value is -1.28. The molecule has 3 nitrogen and oxygen atoms in total. The molecule has 0 atom stereocenters. The minimum absolute atomic E-state index is 0.0859. The lowest BCUT2D eigenvalue weighted by atomic mass is 9.79. The zero-order valence-electron chi connectivity index (χ0n) is 10.8. The van der Waals surface area contributed by atoms with Crippen molar-refractivity contribution in [3.63, 3.8) is 0 Å². The molecule has 0 aromatic heterocycles. The van der Waals surface area contributed by atoms with Crippen LogP contribution in [0.2, 0.25) is 0 Å². The second kappa shape index (κ2) is 6.45. The van der Waals surface area contributed by atoms with Gasteiger partial charge in [0.05, 0.1) is 19.0 Å². The van der Waals surface area contributed by atoms with E-state index in [-0.39, 0.29) is 6.61 Å². The molecule has 1 aliphatic rings. The van der Waals surface area contributed by atoms with E-state index in [1.807, 2.05) is 4.90 Å². The van der Waals surface area contributed by atoms with E-state index in [4.69, 9.17) is 9.47 Å². The van der Waals surface area contributed by atoms with Crippen molar-refractivity contribution in [2.75, 3.05) is 39.5 Å². The first kappa shape index (κ1) is 15.1. The Balaban J connectivity index is 1.95. The van der Waals surface area contributed by atoms with E-state index in [2.05, 4.69) is 0 Å². The molecule has 1 aliphatic heterocycles. The molecule has 20 heavy (non-hydrogen) atoms. The lowest BCUT2D eigenvalue weighted by molar-refractivity contribution is 0.0323. The minimum atomic E-state index is -5.21. The van der Waals surface area contributed by atoms with Gasteiger partial charge in [-0.1, -0.05) is 11.5 Å². The lowest BCUT2D eigenvalue weighted by Gasteiger charge is -2.27. The second-order valence-electron chi connectivity index (χ2n) is 4.56. The Kier molecular flexibility index (Phi) is 4.88. The summed E-state index contributed by atoms with van der Waals surface area (Å²) in [7, 11) is 0. The quantitative estimate of drug-likeness (QED) is 0.607. The predicted molar refractivity (Wildman–Crippen MR) is 67.9 cm³/mol. The van der Waals surface area contributed by atoms with Gasteiger partial charge in [0.1, 0.15) is 12.4 Å². The Morgan fingerprint density at radius 1 is 1.20 bits per heavy atom. The molecular weight excluding hydrogens is 277 g/mol. The zero-order chi connectivity index (χ0) is 14.6. The van der Waals surface area contributed by atoms with Gasteiger partial charge in [-0.3, -0.25) is 4.90 Å². The van der Waals surface area contributed by atoms with E-state index in [0.29, 0.717) is 19.8 Å². The van der Waals surface area contributed by atoms with Crippen LogP contribution in [-0.4, -0.2) is 51.3 Å². The summed E-state index contributed by atoms with van der Waals surface area (Å²) in [6.07, 6.45) is 0. The van der Waals surface area contributed by atoms with Crippen LogP contribution in [0.1, 0.15) is 0 Å². The highest BCUT2D eigenvalue weighted by molar-refractivity contribution is 6.74. The number of hydrogen-bond donors (Lipinski definition) is 0. The first-order valence-corrected chi connectivity index (χ1v) is 6.39. The van der Waals surface area contributed by atoms with Crippen molar-refractivity contribution >= 4 is 12.4 Å². The molecule has 1 saturated heterocycles. The fourth-order valence-corrected chi connectivity index (χ4v) is 2.01. The maximum Gasteiger partial charge on any atom is 0.513 e. The first-order chi connectivity index (χ1) is 9.47. The van der Waals surface area contributed by atoms with Crippen LogP contribution in [0.3, 0.4) is 0 Å². The Morgan fingerprint density at radius 3 is 2.55 bits per heavy atom. The predicted octanol–water partition coefficient (Wildman–Crippen LogP) is 1.59. The summed E-state index contributed by atoms with van der Waals surface area (Å²) in [6, 6.07) is 2.29. The van der Waals surface area contributed by atoms with Crippen LogP contribution in [0.25, 0.3) is 0 Å². The molecule has 0 aliphatic carbocycles. The molecule has 0 spiro atoms. The van der Waals surface area contributed by atoms with E-state index < -0.39 is 24.0 Å². The maximum absolute atomic E-state index is 13.0. The summed E-state index contributed by atoms with van der Waals surface area (Å²) >= 11 is 0. The SMILES string of the molecule is Fc1ccc([B-](F)(F)F)c(OCCN2CCOCC2)c1. The Bertz CT molecular complexity index is 450. The van der Waals surface area contributed by atoms with Gasteiger partial charge < -0.3 is 22.4 Å². The van der Waals surface area contributed by atoms with E-state index in [0.717, 1.165) is 31.3 Å². The Labute approximate surface area is 114 Å². The van der Waals surface area contributed by atoms with Crippen molar-refractivity contribution in [2.24, 2.45) is 0 Å². The highest BCUT2D eigenvalue weighted by Gasteiger charge is 2.29. The molecule has 0 N–H and O–H groups in total. The van der Waals surface area contributed by atoms with Crippen LogP contribution in [0.15, 0.2) is 18.2 Å². The molecule has 1 aromatic carbocycles. The first-order valence-electron chi connectivity index (χ1n) is 6.39. The molecule has 1 fully saturated rings. The van der Waals surface area contributed by atoms with Gasteiger partial charge in [0.25, 0.3) is 0 Å². The van der Waals surface area contributed by atoms with Gasteiger partial charge in [0, 0.05) is 25.7 Å². The summed E-state index contributed by atoms with van der Waals surface area (Å²) in [4.78, 5) is 2.03. The second-order valence-corrected chi connectivity index (χ2v) is 4.56. The third-order valence-corrected chi connectivity index (χ3v) is 3.10. The van der Waals surface area contributed by atoms with E-state index in [9.17, 15) is 17.3 Å². The largest absolute Gasteiger partial charge is 0.513 e. The van der Waals surface area contributed by atoms with Gasteiger partial charge in [-0.05, 0) is 6.07 Å². The van der Waals surface area contributed by atoms with Gasteiger partial charge in [-0.15, -0.1) is 0 Å². The Morgan fingerprint density at radius 2 is 1.90 bits per heavy atom. The zero-order valence-corrected chi connectivity index (χ0v) is 10.8. The van der Waals surface area contributed by atoms with Crippen LogP contribution in [0.5, 0.6) is 5.75 Å². The number of ether oxygens (including phenoxy) is 2. The summed E-state index contributed by atoms with van der Waals surface area (Å²) in [5.74, 6) is -1.18. The van der Waals surface area contributed by atoms with Crippen LogP contribution in [0.4, 0.5) is 17.3 Å². The lowest BCUT2D eigenvalue weighted by Crippen LogP contribution is -2.39. The normalized spacial score (nSPS) is 17.2. The fraction of sp³-hybridized carbons (Fsp3) is 0.500. The average Bonchev–Trinajstić information content (AvgIpc) is 2.38. The number of hydrogen-bond acceptors (Lipinski definition) is 3. The molecule has 112 valence electrons. The molecule has 0 radical (unpaired) electrons. The van der Waals surface area contributed by atoms with E-state index in [1.54, 1.807) is 0 Å². The number of halogens is 4. The standard InChI is InChI=1S/C12H15BF4NO2/c14-10-1-2-11(13(15,16)17)12(9-10)20-8-5-18-3-6-19-7-4-18/h1-2,9H,3-8H2/q-1. The summed E-state index contributed by atoms with van der Waals surface area (Å²) in [5.41, 5.74) is -0.895. The van der Waals surface area contributed by atoms with Crippen LogP contribution in [0, 0.1) is 5.82 Å². The average molecular weight is 292 g/mol. The monoisotopic (exact) mass is 292 g/mol. The number of rotatable bonds is 5. The summed E-state index contributed by atoms with van der Waals surface area (Å²) in [5, 5.41) is 0. The van der Waals surface area contributed by atoms with Crippen molar-refractivity contribution in [1.82, 2.24) is 4.90 Å². The molecule has 2 rings (SSSR count). The number of nitrogens with zero attached hydrogens (tertiary/aromatic N) is 1. The molecule has 0 amide bonds. The van der Waals surface area contributed by atoms with Crippen molar-refractivity contribution < 1.29 is 26.8 Å². The van der Waals surface area contributed by atoms with E-state index in [1.165, 1.54) is 0 Å². The topological polar surface area (TPSA) is 21.7 Å². The minimum Gasteiger partial charge on any atom is -0.495 e. The smallest absolute Gasteiger partial charge is 0.495 e. The van der Waals surface area contributed by atoms with Crippen LogP contribution < -0.4 is 10.2 Å². The number of benzene rings is 1. The number of morpholine rings is 1. The van der Waals surface area contributed by atoms with Gasteiger partial charge >= 0.3 is 6.98 Å². The molecule has 8 heteroatoms. The third-order valence-electron chi connectivity index (χ3n) is 3.10. The van der Waals surface area contributed by atoms with Gasteiger partial charge in [-0.25, -0.2) is 4.39 Å². The molecule has 1 heterocycles. The van der Waals surface area contributed by atoms with Crippen LogP contribution in [-0.2, 0) is 4.74 Å². The third kappa shape index (κ3) is 4.11. The fourth-order valence-electron chi connectivity index (χ4n) is 2.01. The van der Waals surface area contributed by atoms with Gasteiger partial charge in [0.15, 0.2) is 0 Å². The molecule has 0 unspecified atom stereocenters. The summed E-state index contributed by atoms with van der Waals surface area (Å²) in [6.45, 7) is -1.97. The van der Waals surface area contributed by atoms with E-state index >= 15 is 0 Å². The van der Waals surface area contributed by atoms with Gasteiger partial charge in [0.2, 0.25) is 0 Å². The van der Waals surface area contributed by atoms with Crippen molar-refractivity contribution in [1.29, 1.82) is 0 Å².